The van der Waals surface area contributed by atoms with Gasteiger partial charge in [0.1, 0.15) is 6.04 Å². The maximum atomic E-state index is 14.4. The van der Waals surface area contributed by atoms with Crippen molar-refractivity contribution in [3.05, 3.63) is 12.7 Å². The lowest BCUT2D eigenvalue weighted by Gasteiger charge is -2.44. The number of aliphatic hydroxyl groups excluding tert-OH is 1. The van der Waals surface area contributed by atoms with Crippen LogP contribution in [0.1, 0.15) is 59.3 Å². The Morgan fingerprint density at radius 2 is 1.97 bits per heavy atom. The first-order chi connectivity index (χ1) is 15.7. The second-order valence-corrected chi connectivity index (χ2v) is 12.2. The molecule has 1 saturated carbocycles. The Labute approximate surface area is 201 Å². The molecule has 33 heavy (non-hydrogen) atoms. The monoisotopic (exact) mass is 478 g/mol. The Kier molecular flexibility index (Phi) is 6.89. The number of hydrogen-bond donors (Lipinski definition) is 2. The molecule has 2 bridgehead atoms. The van der Waals surface area contributed by atoms with E-state index in [0.717, 1.165) is 25.7 Å². The zero-order valence-electron chi connectivity index (χ0n) is 20.0. The van der Waals surface area contributed by atoms with Gasteiger partial charge in [-0.1, -0.05) is 46.1 Å². The summed E-state index contributed by atoms with van der Waals surface area (Å²) < 4.78 is -0.766. The standard InChI is InChI=1S/C25H38N2O5S/c1-5-11-26(16-9-7-6-8-10-16)23(30)21-25-15(4)12-18(33-25)19(24(31)32)20(25)22(29)27(21)17(13-28)14(2)3/h5,14-21,28H,1,6-13H2,2-4H3,(H,31,32)/t15?,17-,18-,19+,20-,21?,25?/m0/s1. The molecular formula is C25H38N2O5S. The van der Waals surface area contributed by atoms with Crippen LogP contribution in [0, 0.1) is 23.7 Å². The lowest BCUT2D eigenvalue weighted by atomic mass is 9.66. The molecule has 184 valence electrons. The van der Waals surface area contributed by atoms with Crippen LogP contribution in [-0.2, 0) is 14.4 Å². The largest absolute Gasteiger partial charge is 0.481 e. The molecule has 0 aromatic carbocycles. The molecule has 8 heteroatoms. The van der Waals surface area contributed by atoms with Crippen molar-refractivity contribution in [2.75, 3.05) is 13.2 Å². The third-order valence-corrected chi connectivity index (χ3v) is 10.7. The van der Waals surface area contributed by atoms with Crippen molar-refractivity contribution in [1.29, 1.82) is 0 Å². The molecule has 0 aromatic rings. The van der Waals surface area contributed by atoms with Crippen molar-refractivity contribution in [3.8, 4) is 0 Å². The van der Waals surface area contributed by atoms with Crippen molar-refractivity contribution < 1.29 is 24.6 Å². The molecule has 4 rings (SSSR count). The molecule has 1 aliphatic carbocycles. The Hall–Kier alpha value is -1.54. The quantitative estimate of drug-likeness (QED) is 0.521. The number of fused-ring (bicyclic) bond motifs is 1. The smallest absolute Gasteiger partial charge is 0.308 e. The van der Waals surface area contributed by atoms with Gasteiger partial charge >= 0.3 is 5.97 Å². The van der Waals surface area contributed by atoms with Crippen LogP contribution in [0.2, 0.25) is 0 Å². The van der Waals surface area contributed by atoms with E-state index < -0.39 is 34.6 Å². The summed E-state index contributed by atoms with van der Waals surface area (Å²) in [6.07, 6.45) is 7.64. The van der Waals surface area contributed by atoms with E-state index >= 15 is 0 Å². The molecule has 7 atom stereocenters. The van der Waals surface area contributed by atoms with E-state index in [4.69, 9.17) is 0 Å². The topological polar surface area (TPSA) is 98.2 Å². The number of carboxylic acids is 1. The van der Waals surface area contributed by atoms with E-state index in [0.29, 0.717) is 13.0 Å². The van der Waals surface area contributed by atoms with Crippen LogP contribution in [0.25, 0.3) is 0 Å². The van der Waals surface area contributed by atoms with Crippen molar-refractivity contribution >= 4 is 29.5 Å². The normalized spacial score (nSPS) is 36.8. The van der Waals surface area contributed by atoms with E-state index in [9.17, 15) is 24.6 Å². The van der Waals surface area contributed by atoms with Crippen molar-refractivity contribution in [2.24, 2.45) is 23.7 Å². The molecule has 2 N–H and O–H groups in total. The SMILES string of the molecule is C=CCN(C(=O)C1N([C@@H](CO)C(C)C)C(=O)[C@@H]2[C@H](C(=O)O)[C@@H]3CC(C)C12S3)C1CCCCC1. The van der Waals surface area contributed by atoms with Gasteiger partial charge in [0.15, 0.2) is 0 Å². The second kappa shape index (κ2) is 9.25. The van der Waals surface area contributed by atoms with Crippen LogP contribution in [0.4, 0.5) is 0 Å². The van der Waals surface area contributed by atoms with Crippen LogP contribution in [-0.4, -0.2) is 79.1 Å². The van der Waals surface area contributed by atoms with Gasteiger partial charge in [-0.25, -0.2) is 0 Å². The lowest BCUT2D eigenvalue weighted by molar-refractivity contribution is -0.150. The fraction of sp³-hybridized carbons (Fsp3) is 0.800. The zero-order valence-corrected chi connectivity index (χ0v) is 20.8. The molecule has 0 radical (unpaired) electrons. The maximum absolute atomic E-state index is 14.4. The number of carbonyl (C=O) groups is 3. The highest BCUT2D eigenvalue weighted by Gasteiger charge is 2.77. The van der Waals surface area contributed by atoms with Crippen LogP contribution in [0.5, 0.6) is 0 Å². The summed E-state index contributed by atoms with van der Waals surface area (Å²) in [6, 6.07) is -1.17. The zero-order chi connectivity index (χ0) is 24.1. The molecule has 2 amide bonds. The number of likely N-dealkylation sites (tertiary alicyclic amines) is 1. The van der Waals surface area contributed by atoms with Gasteiger partial charge in [-0.3, -0.25) is 14.4 Å². The minimum Gasteiger partial charge on any atom is -0.481 e. The first-order valence-corrected chi connectivity index (χ1v) is 13.3. The van der Waals surface area contributed by atoms with Gasteiger partial charge in [0.25, 0.3) is 0 Å². The van der Waals surface area contributed by atoms with E-state index in [1.54, 1.807) is 22.7 Å². The van der Waals surface area contributed by atoms with Gasteiger partial charge in [0, 0.05) is 17.8 Å². The molecule has 3 heterocycles. The summed E-state index contributed by atoms with van der Waals surface area (Å²) in [4.78, 5) is 44.2. The number of aliphatic carboxylic acids is 1. The molecular weight excluding hydrogens is 440 g/mol. The van der Waals surface area contributed by atoms with Gasteiger partial charge in [-0.15, -0.1) is 18.3 Å². The summed E-state index contributed by atoms with van der Waals surface area (Å²) in [6.45, 7) is 9.99. The van der Waals surface area contributed by atoms with Crippen LogP contribution < -0.4 is 0 Å². The Balaban J connectivity index is 1.82. The minimum absolute atomic E-state index is 0.0412. The highest BCUT2D eigenvalue weighted by Crippen LogP contribution is 2.69. The van der Waals surface area contributed by atoms with Crippen molar-refractivity contribution in [3.63, 3.8) is 0 Å². The number of hydrogen-bond acceptors (Lipinski definition) is 5. The van der Waals surface area contributed by atoms with Crippen molar-refractivity contribution in [2.45, 2.75) is 87.4 Å². The number of amides is 2. The molecule has 3 aliphatic heterocycles. The van der Waals surface area contributed by atoms with Crippen molar-refractivity contribution in [1.82, 2.24) is 9.80 Å². The average molecular weight is 479 g/mol. The van der Waals surface area contributed by atoms with Crippen LogP contribution in [0.15, 0.2) is 12.7 Å². The first-order valence-electron chi connectivity index (χ1n) is 12.5. The average Bonchev–Trinajstić information content (AvgIpc) is 3.37. The highest BCUT2D eigenvalue weighted by molar-refractivity contribution is 8.02. The Morgan fingerprint density at radius 1 is 1.30 bits per heavy atom. The highest BCUT2D eigenvalue weighted by atomic mass is 32.2. The fourth-order valence-electron chi connectivity index (χ4n) is 7.11. The molecule has 4 aliphatic rings. The molecule has 3 unspecified atom stereocenters. The van der Waals surface area contributed by atoms with Crippen LogP contribution >= 0.6 is 11.8 Å². The maximum Gasteiger partial charge on any atom is 0.308 e. The molecule has 7 nitrogen and oxygen atoms in total. The van der Waals surface area contributed by atoms with Gasteiger partial charge in [-0.2, -0.15) is 0 Å². The summed E-state index contributed by atoms with van der Waals surface area (Å²) >= 11 is 1.56. The van der Waals surface area contributed by atoms with Gasteiger partial charge in [0.05, 0.1) is 29.2 Å². The van der Waals surface area contributed by atoms with E-state index in [2.05, 4.69) is 13.5 Å². The summed E-state index contributed by atoms with van der Waals surface area (Å²) in [5.74, 6) is -2.85. The molecule has 1 spiro atoms. The molecule has 4 fully saturated rings. The molecule has 3 saturated heterocycles. The van der Waals surface area contributed by atoms with Gasteiger partial charge < -0.3 is 20.0 Å². The number of nitrogens with zero attached hydrogens (tertiary/aromatic N) is 2. The predicted octanol–water partition coefficient (Wildman–Crippen LogP) is 2.77. The minimum atomic E-state index is -0.951. The number of carboxylic acid groups (broad SMARTS) is 1. The van der Waals surface area contributed by atoms with E-state index in [-0.39, 0.29) is 41.5 Å². The molecule has 0 aromatic heterocycles. The third kappa shape index (κ3) is 3.63. The number of carbonyl (C=O) groups excluding carboxylic acids is 2. The third-order valence-electron chi connectivity index (χ3n) is 8.64. The fourth-order valence-corrected chi connectivity index (χ4v) is 9.50. The van der Waals surface area contributed by atoms with Gasteiger partial charge in [-0.05, 0) is 31.1 Å². The summed E-state index contributed by atoms with van der Waals surface area (Å²) in [5, 5.41) is 20.2. The number of rotatable bonds is 8. The number of thioether (sulfide) groups is 1. The Morgan fingerprint density at radius 3 is 2.52 bits per heavy atom. The first kappa shape index (κ1) is 24.6. The summed E-state index contributed by atoms with van der Waals surface area (Å²) in [7, 11) is 0. The number of aliphatic hydroxyl groups is 1. The second-order valence-electron chi connectivity index (χ2n) is 10.7. The van der Waals surface area contributed by atoms with E-state index in [1.807, 2.05) is 18.7 Å². The lowest BCUT2D eigenvalue weighted by Crippen LogP contribution is -2.61. The van der Waals surface area contributed by atoms with Crippen LogP contribution in [0.3, 0.4) is 0 Å². The predicted molar refractivity (Wildman–Crippen MR) is 128 cm³/mol. The van der Waals surface area contributed by atoms with Gasteiger partial charge in [0.2, 0.25) is 11.8 Å². The van der Waals surface area contributed by atoms with E-state index in [1.165, 1.54) is 6.42 Å². The Bertz CT molecular complexity index is 813. The summed E-state index contributed by atoms with van der Waals surface area (Å²) in [5.41, 5.74) is 0.